The van der Waals surface area contributed by atoms with Gasteiger partial charge in [0.1, 0.15) is 0 Å². The molecule has 0 saturated carbocycles. The van der Waals surface area contributed by atoms with Crippen LogP contribution in [0.15, 0.2) is 36.9 Å². The Hall–Kier alpha value is -1.66. The minimum Gasteiger partial charge on any atom is -0.352 e. The van der Waals surface area contributed by atoms with Crippen LogP contribution in [-0.2, 0) is 20.6 Å². The lowest BCUT2D eigenvalue weighted by Crippen LogP contribution is -2.43. The second-order valence-corrected chi connectivity index (χ2v) is 7.92. The fourth-order valence-corrected chi connectivity index (χ4v) is 4.26. The summed E-state index contributed by atoms with van der Waals surface area (Å²) in [6.45, 7) is 6.79. The predicted octanol–water partition coefficient (Wildman–Crippen LogP) is 1.84. The number of amides is 1. The number of carbonyl (C=O) groups excluding carboxylic acids is 1. The highest BCUT2D eigenvalue weighted by molar-refractivity contribution is 7.88. The van der Waals surface area contributed by atoms with Gasteiger partial charge in [-0.1, -0.05) is 35.9 Å². The quantitative estimate of drug-likeness (QED) is 0.806. The molecule has 0 atom stereocenters. The lowest BCUT2D eigenvalue weighted by molar-refractivity contribution is -0.125. The molecule has 1 heterocycles. The van der Waals surface area contributed by atoms with Crippen LogP contribution in [0, 0.1) is 12.8 Å². The molecule has 0 aliphatic carbocycles. The molecule has 0 unspecified atom stereocenters. The van der Waals surface area contributed by atoms with Crippen molar-refractivity contribution < 1.29 is 13.2 Å². The molecular weight excluding hydrogens is 312 g/mol. The maximum Gasteiger partial charge on any atom is 0.223 e. The van der Waals surface area contributed by atoms with Gasteiger partial charge < -0.3 is 5.32 Å². The van der Waals surface area contributed by atoms with E-state index < -0.39 is 10.0 Å². The molecule has 1 aromatic rings. The van der Waals surface area contributed by atoms with Crippen LogP contribution < -0.4 is 5.32 Å². The number of benzene rings is 1. The maximum absolute atomic E-state index is 12.5. The van der Waals surface area contributed by atoms with Crippen LogP contribution in [0.5, 0.6) is 0 Å². The summed E-state index contributed by atoms with van der Waals surface area (Å²) >= 11 is 0. The third-order valence-electron chi connectivity index (χ3n) is 4.11. The molecule has 2 rings (SSSR count). The van der Waals surface area contributed by atoms with Crippen LogP contribution >= 0.6 is 0 Å². The van der Waals surface area contributed by atoms with Crippen molar-refractivity contribution in [3.63, 3.8) is 0 Å². The van der Waals surface area contributed by atoms with Crippen LogP contribution in [0.2, 0.25) is 0 Å². The Balaban J connectivity index is 1.91. The molecule has 1 N–H and O–H groups in total. The van der Waals surface area contributed by atoms with Gasteiger partial charge in [-0.2, -0.15) is 0 Å². The zero-order chi connectivity index (χ0) is 16.9. The summed E-state index contributed by atoms with van der Waals surface area (Å²) in [5, 5.41) is 2.78. The molecule has 23 heavy (non-hydrogen) atoms. The average molecular weight is 336 g/mol. The van der Waals surface area contributed by atoms with E-state index >= 15 is 0 Å². The van der Waals surface area contributed by atoms with Crippen LogP contribution in [-0.4, -0.2) is 38.3 Å². The Kier molecular flexibility index (Phi) is 5.96. The smallest absolute Gasteiger partial charge is 0.223 e. The first-order chi connectivity index (χ1) is 10.9. The molecule has 1 aliphatic rings. The number of hydrogen-bond acceptors (Lipinski definition) is 3. The van der Waals surface area contributed by atoms with Gasteiger partial charge >= 0.3 is 0 Å². The fraction of sp³-hybridized carbons (Fsp3) is 0.471. The normalized spacial score (nSPS) is 16.9. The minimum absolute atomic E-state index is 0.0134. The van der Waals surface area contributed by atoms with E-state index in [0.717, 1.165) is 11.1 Å². The van der Waals surface area contributed by atoms with E-state index in [1.165, 1.54) is 4.31 Å². The molecule has 0 aromatic heterocycles. The molecule has 1 saturated heterocycles. The molecule has 126 valence electrons. The Morgan fingerprint density at radius 2 is 1.91 bits per heavy atom. The number of nitrogens with one attached hydrogen (secondary N) is 1. The second kappa shape index (κ2) is 7.75. The van der Waals surface area contributed by atoms with E-state index in [4.69, 9.17) is 0 Å². The van der Waals surface area contributed by atoms with Gasteiger partial charge in [-0.25, -0.2) is 12.7 Å². The fourth-order valence-electron chi connectivity index (χ4n) is 2.70. The number of aryl methyl sites for hydroxylation is 1. The first-order valence-corrected chi connectivity index (χ1v) is 9.45. The molecule has 5 nitrogen and oxygen atoms in total. The SMILES string of the molecule is C=CCNC(=O)C1CCN(S(=O)(=O)Cc2ccc(C)cc2)CC1. The van der Waals surface area contributed by atoms with Gasteiger partial charge in [-0.05, 0) is 25.3 Å². The van der Waals surface area contributed by atoms with Crippen LogP contribution in [0.25, 0.3) is 0 Å². The van der Waals surface area contributed by atoms with Crippen molar-refractivity contribution in [3.05, 3.63) is 48.0 Å². The summed E-state index contributed by atoms with van der Waals surface area (Å²) in [7, 11) is -3.33. The van der Waals surface area contributed by atoms with Crippen LogP contribution in [0.3, 0.4) is 0 Å². The van der Waals surface area contributed by atoms with Gasteiger partial charge in [0.15, 0.2) is 0 Å². The van der Waals surface area contributed by atoms with E-state index in [2.05, 4.69) is 11.9 Å². The van der Waals surface area contributed by atoms with Crippen molar-refractivity contribution in [1.29, 1.82) is 0 Å². The number of piperidine rings is 1. The lowest BCUT2D eigenvalue weighted by atomic mass is 9.97. The van der Waals surface area contributed by atoms with Crippen molar-refractivity contribution in [3.8, 4) is 0 Å². The second-order valence-electron chi connectivity index (χ2n) is 5.95. The highest BCUT2D eigenvalue weighted by Crippen LogP contribution is 2.22. The molecule has 0 bridgehead atoms. The average Bonchev–Trinajstić information content (AvgIpc) is 2.54. The van der Waals surface area contributed by atoms with E-state index in [0.29, 0.717) is 32.5 Å². The molecule has 0 spiro atoms. The van der Waals surface area contributed by atoms with Crippen molar-refractivity contribution in [2.24, 2.45) is 5.92 Å². The number of carbonyl (C=O) groups is 1. The molecule has 1 aromatic carbocycles. The van der Waals surface area contributed by atoms with Crippen molar-refractivity contribution in [2.45, 2.75) is 25.5 Å². The molecule has 1 fully saturated rings. The Labute approximate surface area is 138 Å². The van der Waals surface area contributed by atoms with Crippen molar-refractivity contribution in [2.75, 3.05) is 19.6 Å². The summed E-state index contributed by atoms with van der Waals surface area (Å²) < 4.78 is 26.5. The summed E-state index contributed by atoms with van der Waals surface area (Å²) in [6.07, 6.45) is 2.77. The van der Waals surface area contributed by atoms with Crippen molar-refractivity contribution >= 4 is 15.9 Å². The molecule has 6 heteroatoms. The summed E-state index contributed by atoms with van der Waals surface area (Å²) in [5.74, 6) is -0.109. The van der Waals surface area contributed by atoms with Gasteiger partial charge in [0.05, 0.1) is 5.75 Å². The summed E-state index contributed by atoms with van der Waals surface area (Å²) in [6, 6.07) is 7.53. The Morgan fingerprint density at radius 3 is 2.48 bits per heavy atom. The molecule has 1 aliphatic heterocycles. The first kappa shape index (κ1) is 17.7. The van der Waals surface area contributed by atoms with Crippen LogP contribution in [0.1, 0.15) is 24.0 Å². The van der Waals surface area contributed by atoms with E-state index in [1.54, 1.807) is 6.08 Å². The highest BCUT2D eigenvalue weighted by Gasteiger charge is 2.30. The summed E-state index contributed by atoms with van der Waals surface area (Å²) in [4.78, 5) is 11.9. The third kappa shape index (κ3) is 4.91. The van der Waals surface area contributed by atoms with Crippen LogP contribution in [0.4, 0.5) is 0 Å². The third-order valence-corrected chi connectivity index (χ3v) is 5.96. The zero-order valence-corrected chi connectivity index (χ0v) is 14.3. The Bertz CT molecular complexity index is 645. The highest BCUT2D eigenvalue weighted by atomic mass is 32.2. The van der Waals surface area contributed by atoms with Crippen molar-refractivity contribution in [1.82, 2.24) is 9.62 Å². The predicted molar refractivity (Wildman–Crippen MR) is 91.3 cm³/mol. The zero-order valence-electron chi connectivity index (χ0n) is 13.5. The van der Waals surface area contributed by atoms with E-state index in [9.17, 15) is 13.2 Å². The van der Waals surface area contributed by atoms with Gasteiger partial charge in [0.25, 0.3) is 0 Å². The lowest BCUT2D eigenvalue weighted by Gasteiger charge is -2.30. The number of nitrogens with zero attached hydrogens (tertiary/aromatic N) is 1. The standard InChI is InChI=1S/C17H24N2O3S/c1-3-10-18-17(20)16-8-11-19(12-9-16)23(21,22)13-15-6-4-14(2)5-7-15/h3-7,16H,1,8-13H2,2H3,(H,18,20). The largest absolute Gasteiger partial charge is 0.352 e. The van der Waals surface area contributed by atoms with E-state index in [1.807, 2.05) is 31.2 Å². The molecule has 1 amide bonds. The first-order valence-electron chi connectivity index (χ1n) is 7.84. The minimum atomic E-state index is -3.33. The number of hydrogen-bond donors (Lipinski definition) is 1. The van der Waals surface area contributed by atoms with Gasteiger partial charge in [-0.15, -0.1) is 6.58 Å². The Morgan fingerprint density at radius 1 is 1.30 bits per heavy atom. The number of sulfonamides is 1. The van der Waals surface area contributed by atoms with Gasteiger partial charge in [0, 0.05) is 25.6 Å². The molecular formula is C17H24N2O3S. The van der Waals surface area contributed by atoms with Gasteiger partial charge in [0.2, 0.25) is 15.9 Å². The summed E-state index contributed by atoms with van der Waals surface area (Å²) in [5.41, 5.74) is 1.90. The van der Waals surface area contributed by atoms with E-state index in [-0.39, 0.29) is 17.6 Å². The monoisotopic (exact) mass is 336 g/mol. The van der Waals surface area contributed by atoms with Gasteiger partial charge in [-0.3, -0.25) is 4.79 Å². The topological polar surface area (TPSA) is 66.5 Å². The maximum atomic E-state index is 12.5. The molecule has 0 radical (unpaired) electrons. The number of rotatable bonds is 6.